The quantitative estimate of drug-likeness (QED) is 0.0591. The summed E-state index contributed by atoms with van der Waals surface area (Å²) in [6.07, 6.45) is 0.561. The van der Waals surface area contributed by atoms with Gasteiger partial charge in [0, 0.05) is 25.7 Å². The maximum atomic E-state index is 12.2. The summed E-state index contributed by atoms with van der Waals surface area (Å²) in [5, 5.41) is 107. The highest BCUT2D eigenvalue weighted by atomic mass is 16.3. The van der Waals surface area contributed by atoms with E-state index in [1.807, 2.05) is 48.5 Å². The van der Waals surface area contributed by atoms with Crippen LogP contribution in [0.25, 0.3) is 11.1 Å². The standard InChI is InChI=1S/C53H42O10/c54-43-13-9-29(21-47(43)58)17-33-25-37(26-34(51(33)62)18-30-10-14-44(55)48(59)22-30)53(41-7-3-1-5-39(41)40-6-2-4-8-42(40)53)38-27-35(19-31-11-15-45(56)49(60)23-31)52(63)36(28-38)20-32-12-16-46(57)50(61)24-32/h1-16,21-28,54-63H,17-20H2. The number of fused-ring (bicyclic) bond motifs is 3. The zero-order valence-corrected chi connectivity index (χ0v) is 33.7. The molecule has 0 bridgehead atoms. The van der Waals surface area contributed by atoms with Crippen LogP contribution >= 0.6 is 0 Å². The van der Waals surface area contributed by atoms with Crippen molar-refractivity contribution in [1.29, 1.82) is 0 Å². The minimum atomic E-state index is -1.13. The van der Waals surface area contributed by atoms with Crippen molar-refractivity contribution in [3.8, 4) is 68.6 Å². The van der Waals surface area contributed by atoms with Crippen molar-refractivity contribution in [3.63, 3.8) is 0 Å². The smallest absolute Gasteiger partial charge is 0.157 e. The zero-order valence-electron chi connectivity index (χ0n) is 33.7. The van der Waals surface area contributed by atoms with Gasteiger partial charge in [-0.15, -0.1) is 0 Å². The topological polar surface area (TPSA) is 202 Å². The maximum absolute atomic E-state index is 12.2. The molecule has 314 valence electrons. The first-order chi connectivity index (χ1) is 30.3. The third-order valence-electron chi connectivity index (χ3n) is 12.1. The lowest BCUT2D eigenvalue weighted by atomic mass is 9.66. The number of hydrogen-bond donors (Lipinski definition) is 10. The second-order valence-electron chi connectivity index (χ2n) is 16.1. The Balaban J connectivity index is 1.35. The molecule has 63 heavy (non-hydrogen) atoms. The number of aromatic hydroxyl groups is 10. The fourth-order valence-corrected chi connectivity index (χ4v) is 9.11. The first-order valence-electron chi connectivity index (χ1n) is 20.2. The summed E-state index contributed by atoms with van der Waals surface area (Å²) in [6, 6.07) is 41.7. The molecule has 10 heteroatoms. The Bertz CT molecular complexity index is 2740. The highest BCUT2D eigenvalue weighted by Gasteiger charge is 2.47. The number of phenols is 10. The van der Waals surface area contributed by atoms with Crippen molar-refractivity contribution in [2.24, 2.45) is 0 Å². The van der Waals surface area contributed by atoms with Crippen molar-refractivity contribution in [2.75, 3.05) is 0 Å². The zero-order chi connectivity index (χ0) is 44.2. The molecule has 8 aromatic carbocycles. The fraction of sp³-hybridized carbons (Fsp3) is 0.0943. The van der Waals surface area contributed by atoms with E-state index in [1.165, 1.54) is 48.5 Å². The van der Waals surface area contributed by atoms with Gasteiger partial charge in [0.2, 0.25) is 0 Å². The van der Waals surface area contributed by atoms with Crippen molar-refractivity contribution < 1.29 is 51.1 Å². The molecule has 0 fully saturated rings. The Kier molecular flexibility index (Phi) is 9.99. The molecule has 0 spiro atoms. The van der Waals surface area contributed by atoms with Crippen LogP contribution in [0.3, 0.4) is 0 Å². The van der Waals surface area contributed by atoms with Crippen LogP contribution in [-0.4, -0.2) is 51.1 Å². The van der Waals surface area contributed by atoms with E-state index in [9.17, 15) is 51.1 Å². The molecule has 0 saturated carbocycles. The Labute approximate surface area is 362 Å². The van der Waals surface area contributed by atoms with Gasteiger partial charge in [0.25, 0.3) is 0 Å². The normalized spacial score (nSPS) is 12.5. The molecule has 10 nitrogen and oxygen atoms in total. The van der Waals surface area contributed by atoms with Gasteiger partial charge < -0.3 is 51.1 Å². The molecule has 0 amide bonds. The fourth-order valence-electron chi connectivity index (χ4n) is 9.11. The van der Waals surface area contributed by atoms with Gasteiger partial charge >= 0.3 is 0 Å². The lowest BCUT2D eigenvalue weighted by Crippen LogP contribution is -2.29. The van der Waals surface area contributed by atoms with Gasteiger partial charge in [0.1, 0.15) is 11.5 Å². The van der Waals surface area contributed by atoms with Crippen LogP contribution in [0.1, 0.15) is 66.8 Å². The van der Waals surface area contributed by atoms with E-state index >= 15 is 0 Å². The van der Waals surface area contributed by atoms with Gasteiger partial charge in [-0.1, -0.05) is 97.1 Å². The van der Waals surface area contributed by atoms with Crippen LogP contribution in [-0.2, 0) is 31.1 Å². The van der Waals surface area contributed by atoms with E-state index in [-0.39, 0.29) is 83.2 Å². The molecular weight excluding hydrogens is 797 g/mol. The molecule has 8 aromatic rings. The van der Waals surface area contributed by atoms with E-state index in [1.54, 1.807) is 24.3 Å². The molecule has 0 heterocycles. The van der Waals surface area contributed by atoms with E-state index < -0.39 is 5.41 Å². The molecule has 0 saturated heterocycles. The highest BCUT2D eigenvalue weighted by Crippen LogP contribution is 2.57. The first-order valence-corrected chi connectivity index (χ1v) is 20.2. The molecular formula is C53H42O10. The molecule has 0 radical (unpaired) electrons. The van der Waals surface area contributed by atoms with Gasteiger partial charge in [-0.3, -0.25) is 0 Å². The van der Waals surface area contributed by atoms with Crippen LogP contribution in [0.4, 0.5) is 0 Å². The Hall–Kier alpha value is -8.24. The van der Waals surface area contributed by atoms with Gasteiger partial charge in [-0.2, -0.15) is 0 Å². The number of hydrogen-bond acceptors (Lipinski definition) is 10. The average Bonchev–Trinajstić information content (AvgIpc) is 3.57. The first kappa shape index (κ1) is 40.2. The summed E-state index contributed by atoms with van der Waals surface area (Å²) in [4.78, 5) is 0. The van der Waals surface area contributed by atoms with E-state index in [0.29, 0.717) is 44.5 Å². The van der Waals surface area contributed by atoms with Crippen molar-refractivity contribution in [1.82, 2.24) is 0 Å². The molecule has 0 atom stereocenters. The maximum Gasteiger partial charge on any atom is 0.157 e. The molecule has 9 rings (SSSR count). The molecule has 0 aliphatic heterocycles. The van der Waals surface area contributed by atoms with Gasteiger partial charge in [-0.25, -0.2) is 0 Å². The third-order valence-corrected chi connectivity index (χ3v) is 12.1. The summed E-state index contributed by atoms with van der Waals surface area (Å²) in [5.41, 5.74) is 8.48. The van der Waals surface area contributed by atoms with Crippen molar-refractivity contribution in [3.05, 3.63) is 212 Å². The predicted molar refractivity (Wildman–Crippen MR) is 237 cm³/mol. The second kappa shape index (κ2) is 15.7. The summed E-state index contributed by atoms with van der Waals surface area (Å²) in [5.74, 6) is -2.45. The molecule has 1 aliphatic carbocycles. The van der Waals surface area contributed by atoms with Gasteiger partial charge in [0.05, 0.1) is 5.41 Å². The summed E-state index contributed by atoms with van der Waals surface area (Å²) >= 11 is 0. The molecule has 0 aromatic heterocycles. The highest BCUT2D eigenvalue weighted by molar-refractivity contribution is 5.87. The average molecular weight is 839 g/mol. The summed E-state index contributed by atoms with van der Waals surface area (Å²) in [7, 11) is 0. The SMILES string of the molecule is Oc1ccc(Cc2cc(C3(c4cc(Cc5ccc(O)c(O)c5)c(O)c(Cc5ccc(O)c(O)c5)c4)c4ccccc4-c4ccccc43)cc(Cc3ccc(O)c(O)c3)c2O)cc1O. The molecule has 10 N–H and O–H groups in total. The largest absolute Gasteiger partial charge is 0.507 e. The van der Waals surface area contributed by atoms with Crippen LogP contribution in [0.15, 0.2) is 146 Å². The van der Waals surface area contributed by atoms with E-state index in [2.05, 4.69) is 24.3 Å². The minimum absolute atomic E-state index is 0.0278. The van der Waals surface area contributed by atoms with Crippen molar-refractivity contribution in [2.45, 2.75) is 31.1 Å². The molecule has 0 unspecified atom stereocenters. The Morgan fingerprint density at radius 2 is 0.556 bits per heavy atom. The lowest BCUT2D eigenvalue weighted by Gasteiger charge is -2.36. The number of phenolic OH excluding ortho intramolecular Hbond substituents is 10. The van der Waals surface area contributed by atoms with E-state index in [4.69, 9.17) is 0 Å². The van der Waals surface area contributed by atoms with Crippen LogP contribution < -0.4 is 0 Å². The Morgan fingerprint density at radius 3 is 0.825 bits per heavy atom. The predicted octanol–water partition coefficient (Wildman–Crippen LogP) is 9.47. The van der Waals surface area contributed by atoms with Gasteiger partial charge in [-0.05, 0) is 126 Å². The van der Waals surface area contributed by atoms with Gasteiger partial charge in [0.15, 0.2) is 46.0 Å². The monoisotopic (exact) mass is 838 g/mol. The minimum Gasteiger partial charge on any atom is -0.507 e. The van der Waals surface area contributed by atoms with Crippen LogP contribution in [0.5, 0.6) is 57.5 Å². The number of rotatable bonds is 10. The van der Waals surface area contributed by atoms with Crippen molar-refractivity contribution >= 4 is 0 Å². The summed E-state index contributed by atoms with van der Waals surface area (Å²) < 4.78 is 0. The second-order valence-corrected chi connectivity index (χ2v) is 16.1. The molecule has 1 aliphatic rings. The third kappa shape index (κ3) is 7.17. The van der Waals surface area contributed by atoms with Crippen LogP contribution in [0.2, 0.25) is 0 Å². The lowest BCUT2D eigenvalue weighted by molar-refractivity contribution is 0.403. The summed E-state index contributed by atoms with van der Waals surface area (Å²) in [6.45, 7) is 0. The van der Waals surface area contributed by atoms with E-state index in [0.717, 1.165) is 33.4 Å². The Morgan fingerprint density at radius 1 is 0.286 bits per heavy atom. The number of benzene rings is 8. The van der Waals surface area contributed by atoms with Crippen LogP contribution in [0, 0.1) is 0 Å².